The number of carbonyl (C=O) groups excluding carboxylic acids is 2. The van der Waals surface area contributed by atoms with Crippen LogP contribution >= 0.6 is 11.8 Å². The van der Waals surface area contributed by atoms with Gasteiger partial charge in [-0.1, -0.05) is 37.9 Å². The zero-order valence-corrected chi connectivity index (χ0v) is 10.7. The van der Waals surface area contributed by atoms with Gasteiger partial charge in [-0.25, -0.2) is 0 Å². The molecule has 0 heterocycles. The summed E-state index contributed by atoms with van der Waals surface area (Å²) in [4.78, 5) is 21.9. The van der Waals surface area contributed by atoms with E-state index in [2.05, 4.69) is 12.2 Å². The van der Waals surface area contributed by atoms with E-state index >= 15 is 0 Å². The highest BCUT2D eigenvalue weighted by molar-refractivity contribution is 8.14. The number of hydrogen-bond donors (Lipinski definition) is 1. The Labute approximate surface area is 96.4 Å². The van der Waals surface area contributed by atoms with Crippen molar-refractivity contribution in [2.75, 3.05) is 5.75 Å². The van der Waals surface area contributed by atoms with E-state index in [4.69, 9.17) is 0 Å². The van der Waals surface area contributed by atoms with Gasteiger partial charge < -0.3 is 5.32 Å². The molecule has 1 amide bonds. The largest absolute Gasteiger partial charge is 0.353 e. The fourth-order valence-corrected chi connectivity index (χ4v) is 1.67. The van der Waals surface area contributed by atoms with Crippen LogP contribution in [0, 0.1) is 0 Å². The summed E-state index contributed by atoms with van der Waals surface area (Å²) in [6.07, 6.45) is 4.57. The van der Waals surface area contributed by atoms with Crippen molar-refractivity contribution in [1.82, 2.24) is 5.32 Å². The summed E-state index contributed by atoms with van der Waals surface area (Å²) in [5.41, 5.74) is 0. The SMILES string of the molecule is CCCCCC(C)NC(=O)CSC(C)=O. The number of amides is 1. The van der Waals surface area contributed by atoms with Crippen molar-refractivity contribution in [3.63, 3.8) is 0 Å². The maximum absolute atomic E-state index is 11.3. The van der Waals surface area contributed by atoms with Crippen molar-refractivity contribution in [1.29, 1.82) is 0 Å². The molecular formula is C11H21NO2S. The van der Waals surface area contributed by atoms with E-state index < -0.39 is 0 Å². The lowest BCUT2D eigenvalue weighted by Gasteiger charge is -2.12. The minimum atomic E-state index is -0.0424. The lowest BCUT2D eigenvalue weighted by atomic mass is 10.1. The van der Waals surface area contributed by atoms with E-state index in [0.717, 1.165) is 24.6 Å². The number of hydrogen-bond acceptors (Lipinski definition) is 3. The molecule has 0 bridgehead atoms. The predicted molar refractivity (Wildman–Crippen MR) is 64.9 cm³/mol. The van der Waals surface area contributed by atoms with E-state index in [-0.39, 0.29) is 22.8 Å². The van der Waals surface area contributed by atoms with Gasteiger partial charge >= 0.3 is 0 Å². The van der Waals surface area contributed by atoms with Gasteiger partial charge in [-0.15, -0.1) is 0 Å². The summed E-state index contributed by atoms with van der Waals surface area (Å²) >= 11 is 1.06. The Morgan fingerprint density at radius 2 is 2.00 bits per heavy atom. The number of rotatable bonds is 7. The summed E-state index contributed by atoms with van der Waals surface area (Å²) in [6.45, 7) is 5.64. The quantitative estimate of drug-likeness (QED) is 0.684. The highest BCUT2D eigenvalue weighted by Crippen LogP contribution is 2.04. The van der Waals surface area contributed by atoms with Gasteiger partial charge in [-0.2, -0.15) is 0 Å². The molecule has 4 heteroatoms. The summed E-state index contributed by atoms with van der Waals surface area (Å²) in [7, 11) is 0. The number of nitrogens with one attached hydrogen (secondary N) is 1. The van der Waals surface area contributed by atoms with Crippen LogP contribution in [-0.2, 0) is 9.59 Å². The van der Waals surface area contributed by atoms with E-state index in [9.17, 15) is 9.59 Å². The molecule has 0 rings (SSSR count). The monoisotopic (exact) mass is 231 g/mol. The van der Waals surface area contributed by atoms with Gasteiger partial charge in [0.2, 0.25) is 5.91 Å². The molecule has 1 unspecified atom stereocenters. The third-order valence-corrected chi connectivity index (χ3v) is 2.87. The maximum atomic E-state index is 11.3. The Balaban J connectivity index is 3.53. The van der Waals surface area contributed by atoms with Crippen LogP contribution in [0.15, 0.2) is 0 Å². The molecule has 0 spiro atoms. The van der Waals surface area contributed by atoms with Crippen LogP contribution in [0.3, 0.4) is 0 Å². The van der Waals surface area contributed by atoms with Crippen LogP contribution in [0.5, 0.6) is 0 Å². The van der Waals surface area contributed by atoms with Gasteiger partial charge in [0.05, 0.1) is 5.75 Å². The summed E-state index contributed by atoms with van der Waals surface area (Å²) in [5.74, 6) is 0.201. The third-order valence-electron chi connectivity index (χ3n) is 2.05. The standard InChI is InChI=1S/C11H21NO2S/c1-4-5-6-7-9(2)12-11(14)8-15-10(3)13/h9H,4-8H2,1-3H3,(H,12,14). The van der Waals surface area contributed by atoms with E-state index in [0.29, 0.717) is 0 Å². The van der Waals surface area contributed by atoms with Crippen LogP contribution in [0.2, 0.25) is 0 Å². The average molecular weight is 231 g/mol. The number of thioether (sulfide) groups is 1. The van der Waals surface area contributed by atoms with Crippen molar-refractivity contribution in [2.24, 2.45) is 0 Å². The van der Waals surface area contributed by atoms with Crippen molar-refractivity contribution in [3.8, 4) is 0 Å². The van der Waals surface area contributed by atoms with Crippen molar-refractivity contribution in [2.45, 2.75) is 52.5 Å². The lowest BCUT2D eigenvalue weighted by Crippen LogP contribution is -2.33. The third kappa shape index (κ3) is 9.79. The van der Waals surface area contributed by atoms with Gasteiger partial charge in [0, 0.05) is 13.0 Å². The molecule has 0 radical (unpaired) electrons. The van der Waals surface area contributed by atoms with Gasteiger partial charge in [-0.3, -0.25) is 9.59 Å². The van der Waals surface area contributed by atoms with Crippen molar-refractivity contribution in [3.05, 3.63) is 0 Å². The second-order valence-corrected chi connectivity index (χ2v) is 4.90. The minimum absolute atomic E-state index is 0.0104. The van der Waals surface area contributed by atoms with Crippen LogP contribution in [0.1, 0.15) is 46.5 Å². The zero-order valence-electron chi connectivity index (χ0n) is 9.84. The van der Waals surface area contributed by atoms with Gasteiger partial charge in [0.1, 0.15) is 0 Å². The minimum Gasteiger partial charge on any atom is -0.353 e. The Bertz CT molecular complexity index is 207. The summed E-state index contributed by atoms with van der Waals surface area (Å²) in [6, 6.07) is 0.219. The molecule has 15 heavy (non-hydrogen) atoms. The Morgan fingerprint density at radius 3 is 2.53 bits per heavy atom. The van der Waals surface area contributed by atoms with Gasteiger partial charge in [0.25, 0.3) is 0 Å². The zero-order chi connectivity index (χ0) is 11.7. The average Bonchev–Trinajstić information content (AvgIpc) is 2.15. The molecule has 0 fully saturated rings. The Hall–Kier alpha value is -0.510. The van der Waals surface area contributed by atoms with E-state index in [1.54, 1.807) is 0 Å². The van der Waals surface area contributed by atoms with Crippen LogP contribution in [-0.4, -0.2) is 22.8 Å². The first-order valence-electron chi connectivity index (χ1n) is 5.49. The Morgan fingerprint density at radius 1 is 1.33 bits per heavy atom. The number of unbranched alkanes of at least 4 members (excludes halogenated alkanes) is 2. The highest BCUT2D eigenvalue weighted by Gasteiger charge is 2.07. The molecule has 3 nitrogen and oxygen atoms in total. The topological polar surface area (TPSA) is 46.2 Å². The van der Waals surface area contributed by atoms with E-state index in [1.807, 2.05) is 6.92 Å². The first-order chi connectivity index (χ1) is 7.06. The molecule has 0 aromatic heterocycles. The number of carbonyl (C=O) groups is 2. The highest BCUT2D eigenvalue weighted by atomic mass is 32.2. The van der Waals surface area contributed by atoms with Gasteiger partial charge in [-0.05, 0) is 13.3 Å². The normalized spacial score (nSPS) is 12.2. The first kappa shape index (κ1) is 14.5. The molecule has 0 aliphatic heterocycles. The molecule has 0 aliphatic rings. The molecule has 0 saturated carbocycles. The van der Waals surface area contributed by atoms with E-state index in [1.165, 1.54) is 19.8 Å². The fourth-order valence-electron chi connectivity index (χ4n) is 1.26. The lowest BCUT2D eigenvalue weighted by molar-refractivity contribution is -0.119. The maximum Gasteiger partial charge on any atom is 0.230 e. The van der Waals surface area contributed by atoms with Crippen molar-refractivity contribution >= 4 is 22.8 Å². The van der Waals surface area contributed by atoms with Crippen LogP contribution in [0.4, 0.5) is 0 Å². The molecule has 0 saturated heterocycles. The second kappa shape index (κ2) is 8.77. The predicted octanol–water partition coefficient (Wildman–Crippen LogP) is 2.35. The fraction of sp³-hybridized carbons (Fsp3) is 0.818. The molecule has 88 valence electrons. The molecule has 0 aromatic carbocycles. The molecule has 1 N–H and O–H groups in total. The molecular weight excluding hydrogens is 210 g/mol. The van der Waals surface area contributed by atoms with Crippen molar-refractivity contribution < 1.29 is 9.59 Å². The molecule has 0 aromatic rings. The summed E-state index contributed by atoms with van der Waals surface area (Å²) < 4.78 is 0. The Kier molecular flexibility index (Phi) is 8.47. The first-order valence-corrected chi connectivity index (χ1v) is 6.47. The van der Waals surface area contributed by atoms with Crippen LogP contribution in [0.25, 0.3) is 0 Å². The van der Waals surface area contributed by atoms with Crippen LogP contribution < -0.4 is 5.32 Å². The summed E-state index contributed by atoms with van der Waals surface area (Å²) in [5, 5.41) is 2.87. The smallest absolute Gasteiger partial charge is 0.230 e. The molecule has 0 aliphatic carbocycles. The second-order valence-electron chi connectivity index (χ2n) is 3.74. The van der Waals surface area contributed by atoms with Gasteiger partial charge in [0.15, 0.2) is 5.12 Å². The molecule has 1 atom stereocenters.